The van der Waals surface area contributed by atoms with E-state index in [1.165, 1.54) is 12.0 Å². The van der Waals surface area contributed by atoms with Crippen molar-refractivity contribution in [1.82, 2.24) is 10.3 Å². The number of hydrogen-bond donors (Lipinski definition) is 1. The second-order valence-electron chi connectivity index (χ2n) is 6.88. The number of aromatic nitrogens is 1. The van der Waals surface area contributed by atoms with Crippen molar-refractivity contribution in [3.8, 4) is 11.5 Å². The van der Waals surface area contributed by atoms with E-state index in [0.717, 1.165) is 31.3 Å². The molecule has 1 N–H and O–H groups in total. The monoisotopic (exact) mass is 324 g/mol. The Morgan fingerprint density at radius 2 is 1.88 bits per heavy atom. The van der Waals surface area contributed by atoms with Gasteiger partial charge in [-0.1, -0.05) is 25.1 Å². The second-order valence-corrected chi connectivity index (χ2v) is 6.88. The zero-order valence-corrected chi connectivity index (χ0v) is 14.0. The van der Waals surface area contributed by atoms with E-state index in [4.69, 9.17) is 9.47 Å². The zero-order valence-electron chi connectivity index (χ0n) is 14.0. The van der Waals surface area contributed by atoms with Gasteiger partial charge in [-0.05, 0) is 48.6 Å². The molecule has 1 aliphatic heterocycles. The first-order valence-electron chi connectivity index (χ1n) is 8.80. The summed E-state index contributed by atoms with van der Waals surface area (Å²) >= 11 is 0. The molecule has 2 fully saturated rings. The minimum atomic E-state index is 0.500. The number of nitrogens with one attached hydrogen (secondary N) is 1. The fraction of sp³-hybridized carbons (Fsp3) is 0.450. The molecule has 1 aromatic carbocycles. The normalized spacial score (nSPS) is 28.0. The smallest absolute Gasteiger partial charge is 0.137 e. The van der Waals surface area contributed by atoms with Crippen LogP contribution >= 0.6 is 0 Å². The van der Waals surface area contributed by atoms with E-state index in [-0.39, 0.29) is 0 Å². The molecule has 4 heteroatoms. The first kappa shape index (κ1) is 15.5. The summed E-state index contributed by atoms with van der Waals surface area (Å²) in [6.07, 6.45) is 4.98. The molecule has 1 saturated heterocycles. The highest BCUT2D eigenvalue weighted by molar-refractivity contribution is 5.32. The molecule has 2 aliphatic rings. The van der Waals surface area contributed by atoms with E-state index < -0.39 is 0 Å². The van der Waals surface area contributed by atoms with E-state index >= 15 is 0 Å². The molecule has 2 heterocycles. The Labute approximate surface area is 143 Å². The maximum atomic E-state index is 5.92. The Balaban J connectivity index is 1.33. The highest BCUT2D eigenvalue weighted by atomic mass is 16.5. The summed E-state index contributed by atoms with van der Waals surface area (Å²) in [4.78, 5) is 4.37. The Morgan fingerprint density at radius 3 is 2.62 bits per heavy atom. The van der Waals surface area contributed by atoms with Crippen LogP contribution < -0.4 is 14.8 Å². The predicted molar refractivity (Wildman–Crippen MR) is 93.5 cm³/mol. The van der Waals surface area contributed by atoms with Gasteiger partial charge in [-0.2, -0.15) is 0 Å². The lowest BCUT2D eigenvalue weighted by molar-refractivity contribution is 0.216. The molecule has 4 unspecified atom stereocenters. The molecule has 1 aromatic heterocycles. The van der Waals surface area contributed by atoms with Crippen LogP contribution in [-0.2, 0) is 0 Å². The molecule has 4 rings (SSSR count). The highest BCUT2D eigenvalue weighted by Gasteiger charge is 2.48. The van der Waals surface area contributed by atoms with Crippen LogP contribution in [0.15, 0.2) is 48.8 Å². The van der Waals surface area contributed by atoms with Crippen LogP contribution in [0.4, 0.5) is 0 Å². The molecule has 1 saturated carbocycles. The topological polar surface area (TPSA) is 43.4 Å². The molecule has 0 spiro atoms. The number of benzene rings is 1. The quantitative estimate of drug-likeness (QED) is 0.849. The van der Waals surface area contributed by atoms with Crippen molar-refractivity contribution in [2.24, 2.45) is 11.8 Å². The predicted octanol–water partition coefficient (Wildman–Crippen LogP) is 3.25. The van der Waals surface area contributed by atoms with Gasteiger partial charge in [0, 0.05) is 18.2 Å². The molecule has 0 amide bonds. The minimum absolute atomic E-state index is 0.500. The summed E-state index contributed by atoms with van der Waals surface area (Å²) < 4.78 is 11.8. The Kier molecular flexibility index (Phi) is 4.39. The lowest BCUT2D eigenvalue weighted by atomic mass is 10.1. The average molecular weight is 324 g/mol. The first-order valence-corrected chi connectivity index (χ1v) is 8.80. The van der Waals surface area contributed by atoms with Gasteiger partial charge in [0.1, 0.15) is 18.1 Å². The van der Waals surface area contributed by atoms with Crippen molar-refractivity contribution < 1.29 is 9.47 Å². The van der Waals surface area contributed by atoms with Gasteiger partial charge in [-0.3, -0.25) is 4.98 Å². The second kappa shape index (κ2) is 6.81. The summed E-state index contributed by atoms with van der Waals surface area (Å²) in [5, 5.41) is 3.35. The van der Waals surface area contributed by atoms with Gasteiger partial charge in [0.25, 0.3) is 0 Å². The molecule has 24 heavy (non-hydrogen) atoms. The third-order valence-corrected chi connectivity index (χ3v) is 5.24. The summed E-state index contributed by atoms with van der Waals surface area (Å²) in [5.74, 6) is 3.52. The largest absolute Gasteiger partial charge is 0.493 e. The minimum Gasteiger partial charge on any atom is -0.493 e. The maximum absolute atomic E-state index is 5.92. The lowest BCUT2D eigenvalue weighted by Gasteiger charge is -2.27. The van der Waals surface area contributed by atoms with E-state index in [1.807, 2.05) is 42.7 Å². The molecule has 0 radical (unpaired) electrons. The number of rotatable bonds is 7. The molecule has 2 aromatic rings. The van der Waals surface area contributed by atoms with Crippen LogP contribution in [0.2, 0.25) is 0 Å². The summed E-state index contributed by atoms with van der Waals surface area (Å²) in [7, 11) is 0. The Hall–Kier alpha value is -2.07. The van der Waals surface area contributed by atoms with Gasteiger partial charge in [0.2, 0.25) is 0 Å². The number of ether oxygens (including phenoxy) is 2. The molecule has 1 aliphatic carbocycles. The number of pyridine rings is 1. The van der Waals surface area contributed by atoms with Gasteiger partial charge in [-0.25, -0.2) is 0 Å². The van der Waals surface area contributed by atoms with Crippen LogP contribution in [0.3, 0.4) is 0 Å². The van der Waals surface area contributed by atoms with E-state index in [0.29, 0.717) is 23.8 Å². The van der Waals surface area contributed by atoms with Gasteiger partial charge in [0.15, 0.2) is 0 Å². The standard InChI is InChI=1S/C20H24N2O2/c1-14-19(13-24-17-5-3-2-4-6-17)20(14)15-9-18(11-21-10-15)23-12-16-7-8-22-16/h2-6,9-11,14,16,19-20,22H,7-8,12-13H2,1H3. The lowest BCUT2D eigenvalue weighted by Crippen LogP contribution is -2.46. The van der Waals surface area contributed by atoms with Gasteiger partial charge < -0.3 is 14.8 Å². The van der Waals surface area contributed by atoms with Crippen molar-refractivity contribution >= 4 is 0 Å². The summed E-state index contributed by atoms with van der Waals surface area (Å²) in [6, 6.07) is 12.7. The van der Waals surface area contributed by atoms with E-state index in [9.17, 15) is 0 Å². The van der Waals surface area contributed by atoms with Crippen molar-refractivity contribution in [3.05, 3.63) is 54.4 Å². The molecular weight excluding hydrogens is 300 g/mol. The molecule has 126 valence electrons. The van der Waals surface area contributed by atoms with Crippen LogP contribution in [0.25, 0.3) is 0 Å². The number of hydrogen-bond acceptors (Lipinski definition) is 4. The third-order valence-electron chi connectivity index (χ3n) is 5.24. The molecule has 4 atom stereocenters. The first-order chi connectivity index (χ1) is 11.8. The fourth-order valence-corrected chi connectivity index (χ4v) is 3.45. The van der Waals surface area contributed by atoms with Gasteiger partial charge in [0.05, 0.1) is 12.8 Å². The number of nitrogens with zero attached hydrogens (tertiary/aromatic N) is 1. The zero-order chi connectivity index (χ0) is 16.4. The fourth-order valence-electron chi connectivity index (χ4n) is 3.45. The van der Waals surface area contributed by atoms with Crippen molar-refractivity contribution in [2.45, 2.75) is 25.3 Å². The Morgan fingerprint density at radius 1 is 1.08 bits per heavy atom. The summed E-state index contributed by atoms with van der Waals surface area (Å²) in [6.45, 7) is 4.88. The summed E-state index contributed by atoms with van der Waals surface area (Å²) in [5.41, 5.74) is 1.27. The SMILES string of the molecule is CC1C(COc2ccccc2)C1c1cncc(OCC2CCN2)c1. The average Bonchev–Trinajstić information content (AvgIpc) is 3.22. The highest BCUT2D eigenvalue weighted by Crippen LogP contribution is 2.53. The van der Waals surface area contributed by atoms with Gasteiger partial charge >= 0.3 is 0 Å². The van der Waals surface area contributed by atoms with Crippen molar-refractivity contribution in [2.75, 3.05) is 19.8 Å². The molecule has 4 nitrogen and oxygen atoms in total. The van der Waals surface area contributed by atoms with Crippen LogP contribution in [0.1, 0.15) is 24.8 Å². The van der Waals surface area contributed by atoms with E-state index in [2.05, 4.69) is 23.3 Å². The van der Waals surface area contributed by atoms with Crippen LogP contribution in [-0.4, -0.2) is 30.8 Å². The van der Waals surface area contributed by atoms with Crippen molar-refractivity contribution in [1.29, 1.82) is 0 Å². The number of para-hydroxylation sites is 1. The van der Waals surface area contributed by atoms with Crippen LogP contribution in [0.5, 0.6) is 11.5 Å². The van der Waals surface area contributed by atoms with E-state index in [1.54, 1.807) is 0 Å². The Bertz CT molecular complexity index is 672. The maximum Gasteiger partial charge on any atom is 0.137 e. The van der Waals surface area contributed by atoms with Crippen molar-refractivity contribution in [3.63, 3.8) is 0 Å². The molecule has 0 bridgehead atoms. The van der Waals surface area contributed by atoms with Crippen LogP contribution in [0, 0.1) is 11.8 Å². The van der Waals surface area contributed by atoms with Gasteiger partial charge in [-0.15, -0.1) is 0 Å². The molecular formula is C20H24N2O2. The third kappa shape index (κ3) is 3.39.